The maximum Gasteiger partial charge on any atom is 0.0501 e. The quantitative estimate of drug-likeness (QED) is 0.806. The Labute approximate surface area is 101 Å². The van der Waals surface area contributed by atoms with Gasteiger partial charge in [-0.25, -0.2) is 0 Å². The first kappa shape index (κ1) is 10.7. The SMILES string of the molecule is Nc1cccc2c1ccn2CC1CCOCC1. The molecule has 0 radical (unpaired) electrons. The van der Waals surface area contributed by atoms with E-state index in [4.69, 9.17) is 10.5 Å². The van der Waals surface area contributed by atoms with Crippen molar-refractivity contribution < 1.29 is 4.74 Å². The van der Waals surface area contributed by atoms with Crippen LogP contribution in [0.15, 0.2) is 30.5 Å². The van der Waals surface area contributed by atoms with Gasteiger partial charge in [0.05, 0.1) is 5.52 Å². The van der Waals surface area contributed by atoms with E-state index in [1.54, 1.807) is 0 Å². The minimum atomic E-state index is 0.737. The molecule has 0 bridgehead atoms. The molecule has 2 aromatic rings. The normalized spacial score (nSPS) is 17.6. The van der Waals surface area contributed by atoms with E-state index in [2.05, 4.69) is 22.9 Å². The average molecular weight is 230 g/mol. The monoisotopic (exact) mass is 230 g/mol. The van der Waals surface area contributed by atoms with Crippen LogP contribution >= 0.6 is 0 Å². The minimum absolute atomic E-state index is 0.737. The third kappa shape index (κ3) is 2.03. The minimum Gasteiger partial charge on any atom is -0.398 e. The first-order valence-electron chi connectivity index (χ1n) is 6.25. The van der Waals surface area contributed by atoms with Crippen molar-refractivity contribution in [3.8, 4) is 0 Å². The number of nitrogens with zero attached hydrogens (tertiary/aromatic N) is 1. The van der Waals surface area contributed by atoms with Gasteiger partial charge in [0.2, 0.25) is 0 Å². The fourth-order valence-electron chi connectivity index (χ4n) is 2.61. The van der Waals surface area contributed by atoms with Crippen molar-refractivity contribution in [3.63, 3.8) is 0 Å². The molecule has 0 amide bonds. The summed E-state index contributed by atoms with van der Waals surface area (Å²) in [7, 11) is 0. The van der Waals surface area contributed by atoms with Crippen molar-refractivity contribution in [2.24, 2.45) is 5.92 Å². The fourth-order valence-corrected chi connectivity index (χ4v) is 2.61. The van der Waals surface area contributed by atoms with Crippen LogP contribution in [-0.4, -0.2) is 17.8 Å². The number of benzene rings is 1. The summed E-state index contributed by atoms with van der Waals surface area (Å²) in [5, 5.41) is 1.17. The topological polar surface area (TPSA) is 40.2 Å². The molecule has 1 saturated heterocycles. The number of nitrogen functional groups attached to an aromatic ring is 1. The van der Waals surface area contributed by atoms with Gasteiger partial charge in [-0.1, -0.05) is 6.07 Å². The lowest BCUT2D eigenvalue weighted by molar-refractivity contribution is 0.0616. The Morgan fingerprint density at radius 1 is 1.24 bits per heavy atom. The van der Waals surface area contributed by atoms with Crippen LogP contribution in [0, 0.1) is 5.92 Å². The Hall–Kier alpha value is -1.48. The number of hydrogen-bond donors (Lipinski definition) is 1. The van der Waals surface area contributed by atoms with E-state index in [-0.39, 0.29) is 0 Å². The number of nitrogens with two attached hydrogens (primary N) is 1. The van der Waals surface area contributed by atoms with Gasteiger partial charge < -0.3 is 15.0 Å². The van der Waals surface area contributed by atoms with E-state index in [1.807, 2.05) is 12.1 Å². The summed E-state index contributed by atoms with van der Waals surface area (Å²) in [6.45, 7) is 2.90. The Kier molecular flexibility index (Phi) is 2.77. The van der Waals surface area contributed by atoms with Gasteiger partial charge in [-0.2, -0.15) is 0 Å². The second-order valence-corrected chi connectivity index (χ2v) is 4.80. The molecule has 0 spiro atoms. The van der Waals surface area contributed by atoms with Crippen LogP contribution in [0.2, 0.25) is 0 Å². The predicted molar refractivity (Wildman–Crippen MR) is 69.9 cm³/mol. The van der Waals surface area contributed by atoms with Crippen molar-refractivity contribution in [1.29, 1.82) is 0 Å². The van der Waals surface area contributed by atoms with Crippen LogP contribution in [0.3, 0.4) is 0 Å². The lowest BCUT2D eigenvalue weighted by Gasteiger charge is -2.22. The number of rotatable bonds is 2. The van der Waals surface area contributed by atoms with Gasteiger partial charge >= 0.3 is 0 Å². The summed E-state index contributed by atoms with van der Waals surface area (Å²) in [5.74, 6) is 0.737. The molecule has 1 aliphatic heterocycles. The molecule has 3 heteroatoms. The number of ether oxygens (including phenoxy) is 1. The molecule has 1 aromatic heterocycles. The number of hydrogen-bond acceptors (Lipinski definition) is 2. The van der Waals surface area contributed by atoms with Crippen molar-refractivity contribution in [2.45, 2.75) is 19.4 Å². The molecule has 1 fully saturated rings. The molecular weight excluding hydrogens is 212 g/mol. The van der Waals surface area contributed by atoms with Gasteiger partial charge in [-0.3, -0.25) is 0 Å². The van der Waals surface area contributed by atoms with Crippen LogP contribution in [0.1, 0.15) is 12.8 Å². The highest BCUT2D eigenvalue weighted by Crippen LogP contribution is 2.24. The molecule has 0 aliphatic carbocycles. The summed E-state index contributed by atoms with van der Waals surface area (Å²) >= 11 is 0. The lowest BCUT2D eigenvalue weighted by atomic mass is 10.0. The maximum absolute atomic E-state index is 5.97. The smallest absolute Gasteiger partial charge is 0.0501 e. The molecule has 17 heavy (non-hydrogen) atoms. The molecule has 0 unspecified atom stereocenters. The summed E-state index contributed by atoms with van der Waals surface area (Å²) in [4.78, 5) is 0. The molecule has 3 rings (SSSR count). The van der Waals surface area contributed by atoms with E-state index < -0.39 is 0 Å². The van der Waals surface area contributed by atoms with Gasteiger partial charge in [-0.05, 0) is 37.0 Å². The first-order chi connectivity index (χ1) is 8.34. The summed E-state index contributed by atoms with van der Waals surface area (Å²) in [5.41, 5.74) is 8.08. The van der Waals surface area contributed by atoms with Crippen molar-refractivity contribution in [3.05, 3.63) is 30.5 Å². The second-order valence-electron chi connectivity index (χ2n) is 4.80. The van der Waals surface area contributed by atoms with E-state index >= 15 is 0 Å². The highest BCUT2D eigenvalue weighted by atomic mass is 16.5. The second kappa shape index (κ2) is 4.41. The van der Waals surface area contributed by atoms with Crippen molar-refractivity contribution in [1.82, 2.24) is 4.57 Å². The van der Waals surface area contributed by atoms with Crippen LogP contribution in [0.5, 0.6) is 0 Å². The van der Waals surface area contributed by atoms with E-state index in [0.717, 1.165) is 31.4 Å². The third-order valence-electron chi connectivity index (χ3n) is 3.64. The van der Waals surface area contributed by atoms with Gasteiger partial charge in [0, 0.05) is 37.0 Å². The number of fused-ring (bicyclic) bond motifs is 1. The fraction of sp³-hybridized carbons (Fsp3) is 0.429. The zero-order valence-electron chi connectivity index (χ0n) is 9.93. The largest absolute Gasteiger partial charge is 0.398 e. The Balaban J connectivity index is 1.87. The Bertz CT molecular complexity index is 512. The molecule has 1 aromatic carbocycles. The molecule has 0 atom stereocenters. The molecular formula is C14H18N2O. The van der Waals surface area contributed by atoms with E-state index in [0.29, 0.717) is 0 Å². The van der Waals surface area contributed by atoms with Crippen LogP contribution in [-0.2, 0) is 11.3 Å². The highest BCUT2D eigenvalue weighted by Gasteiger charge is 2.15. The summed E-state index contributed by atoms with van der Waals surface area (Å²) < 4.78 is 7.72. The number of anilines is 1. The van der Waals surface area contributed by atoms with Crippen molar-refractivity contribution >= 4 is 16.6 Å². The summed E-state index contributed by atoms with van der Waals surface area (Å²) in [6.07, 6.45) is 4.49. The molecule has 1 aliphatic rings. The lowest BCUT2D eigenvalue weighted by Crippen LogP contribution is -2.20. The average Bonchev–Trinajstić information content (AvgIpc) is 2.76. The van der Waals surface area contributed by atoms with Gasteiger partial charge in [0.15, 0.2) is 0 Å². The van der Waals surface area contributed by atoms with Gasteiger partial charge in [0.1, 0.15) is 0 Å². The zero-order chi connectivity index (χ0) is 11.7. The number of aromatic nitrogens is 1. The third-order valence-corrected chi connectivity index (χ3v) is 3.64. The molecule has 3 nitrogen and oxygen atoms in total. The van der Waals surface area contributed by atoms with Gasteiger partial charge in [0.25, 0.3) is 0 Å². The molecule has 2 heterocycles. The maximum atomic E-state index is 5.97. The van der Waals surface area contributed by atoms with Crippen molar-refractivity contribution in [2.75, 3.05) is 18.9 Å². The zero-order valence-corrected chi connectivity index (χ0v) is 9.93. The van der Waals surface area contributed by atoms with E-state index in [1.165, 1.54) is 23.7 Å². The Morgan fingerprint density at radius 2 is 2.06 bits per heavy atom. The van der Waals surface area contributed by atoms with Crippen LogP contribution in [0.25, 0.3) is 10.9 Å². The molecule has 0 saturated carbocycles. The predicted octanol–water partition coefficient (Wildman–Crippen LogP) is 2.65. The Morgan fingerprint density at radius 3 is 2.88 bits per heavy atom. The standard InChI is InChI=1S/C14H18N2O/c15-13-2-1-3-14-12(13)4-7-16(14)10-11-5-8-17-9-6-11/h1-4,7,11H,5-6,8-10,15H2. The summed E-state index contributed by atoms with van der Waals surface area (Å²) in [6, 6.07) is 8.24. The highest BCUT2D eigenvalue weighted by molar-refractivity contribution is 5.91. The van der Waals surface area contributed by atoms with Crippen LogP contribution in [0.4, 0.5) is 5.69 Å². The van der Waals surface area contributed by atoms with E-state index in [9.17, 15) is 0 Å². The molecule has 2 N–H and O–H groups in total. The van der Waals surface area contributed by atoms with Crippen LogP contribution < -0.4 is 5.73 Å². The molecule has 90 valence electrons. The first-order valence-corrected chi connectivity index (χ1v) is 6.25. The van der Waals surface area contributed by atoms with Gasteiger partial charge in [-0.15, -0.1) is 0 Å².